The molecule has 1 aliphatic rings. The number of hydrogen-bond donors (Lipinski definition) is 0. The van der Waals surface area contributed by atoms with Crippen LogP contribution in [0.1, 0.15) is 22.6 Å². The van der Waals surface area contributed by atoms with Gasteiger partial charge in [0.15, 0.2) is 0 Å². The summed E-state index contributed by atoms with van der Waals surface area (Å²) in [6, 6.07) is 31.3. The summed E-state index contributed by atoms with van der Waals surface area (Å²) in [5.41, 5.74) is 4.76. The van der Waals surface area contributed by atoms with E-state index in [4.69, 9.17) is 5.10 Å². The Bertz CT molecular complexity index is 887. The lowest BCUT2D eigenvalue weighted by molar-refractivity contribution is 0.487. The molecule has 4 rings (SSSR count). The smallest absolute Gasteiger partial charge is 0.106 e. The highest BCUT2D eigenvalue weighted by molar-refractivity contribution is 6.06. The molecule has 1 heterocycles. The predicted octanol–water partition coefficient (Wildman–Crippen LogP) is 4.72. The van der Waals surface area contributed by atoms with Gasteiger partial charge in [-0.05, 0) is 16.7 Å². The molecule has 3 heteroatoms. The Morgan fingerprint density at radius 2 is 1.46 bits per heavy atom. The van der Waals surface area contributed by atoms with Crippen molar-refractivity contribution in [3.63, 3.8) is 0 Å². The number of rotatable bonds is 5. The SMILES string of the molecule is C(=NCc1ccccc1)N1CC(c2ccccc2)C(c2ccccc2)=N1. The molecule has 128 valence electrons. The Labute approximate surface area is 154 Å². The van der Waals surface area contributed by atoms with Gasteiger partial charge in [0, 0.05) is 5.92 Å². The van der Waals surface area contributed by atoms with E-state index in [-0.39, 0.29) is 5.92 Å². The minimum absolute atomic E-state index is 0.252. The summed E-state index contributed by atoms with van der Waals surface area (Å²) in [7, 11) is 0. The van der Waals surface area contributed by atoms with Crippen LogP contribution in [-0.4, -0.2) is 23.6 Å². The number of aliphatic imine (C=N–C) groups is 1. The van der Waals surface area contributed by atoms with E-state index < -0.39 is 0 Å². The second kappa shape index (κ2) is 7.79. The molecule has 1 atom stereocenters. The zero-order chi connectivity index (χ0) is 17.6. The fraction of sp³-hybridized carbons (Fsp3) is 0.130. The number of benzene rings is 3. The van der Waals surface area contributed by atoms with Crippen molar-refractivity contribution in [3.05, 3.63) is 108 Å². The fourth-order valence-corrected chi connectivity index (χ4v) is 3.24. The molecule has 1 aliphatic heterocycles. The number of hydrogen-bond acceptors (Lipinski definition) is 2. The maximum Gasteiger partial charge on any atom is 0.106 e. The van der Waals surface area contributed by atoms with Gasteiger partial charge in [-0.25, -0.2) is 0 Å². The summed E-state index contributed by atoms with van der Waals surface area (Å²) in [4.78, 5) is 4.57. The maximum atomic E-state index is 4.85. The second-order valence-electron chi connectivity index (χ2n) is 6.38. The number of nitrogens with zero attached hydrogens (tertiary/aromatic N) is 3. The predicted molar refractivity (Wildman–Crippen MR) is 108 cm³/mol. The van der Waals surface area contributed by atoms with Gasteiger partial charge in [0.2, 0.25) is 0 Å². The van der Waals surface area contributed by atoms with Crippen LogP contribution < -0.4 is 0 Å². The van der Waals surface area contributed by atoms with Crippen molar-refractivity contribution in [1.82, 2.24) is 5.01 Å². The van der Waals surface area contributed by atoms with E-state index in [0.717, 1.165) is 12.3 Å². The third kappa shape index (κ3) is 3.72. The first-order chi connectivity index (χ1) is 12.9. The third-order valence-corrected chi connectivity index (χ3v) is 4.54. The van der Waals surface area contributed by atoms with Crippen LogP contribution in [0.3, 0.4) is 0 Å². The summed E-state index contributed by atoms with van der Waals surface area (Å²) >= 11 is 0. The minimum atomic E-state index is 0.252. The Kier molecular flexibility index (Phi) is 4.88. The first kappa shape index (κ1) is 16.3. The quantitative estimate of drug-likeness (QED) is 0.488. The van der Waals surface area contributed by atoms with E-state index in [1.807, 2.05) is 35.6 Å². The second-order valence-corrected chi connectivity index (χ2v) is 6.38. The van der Waals surface area contributed by atoms with Crippen LogP contribution in [0.25, 0.3) is 0 Å². The van der Waals surface area contributed by atoms with Gasteiger partial charge in [0.25, 0.3) is 0 Å². The highest BCUT2D eigenvalue weighted by Gasteiger charge is 2.28. The van der Waals surface area contributed by atoms with Crippen molar-refractivity contribution in [3.8, 4) is 0 Å². The Morgan fingerprint density at radius 1 is 0.846 bits per heavy atom. The Morgan fingerprint density at radius 3 is 2.15 bits per heavy atom. The topological polar surface area (TPSA) is 28.0 Å². The Balaban J connectivity index is 1.56. The number of hydrazone groups is 1. The Hall–Kier alpha value is -3.20. The van der Waals surface area contributed by atoms with E-state index in [0.29, 0.717) is 6.54 Å². The molecule has 0 radical (unpaired) electrons. The largest absolute Gasteiger partial charge is 0.269 e. The summed E-state index contributed by atoms with van der Waals surface area (Å²) < 4.78 is 0. The summed E-state index contributed by atoms with van der Waals surface area (Å²) in [6.45, 7) is 1.48. The van der Waals surface area contributed by atoms with Crippen LogP contribution in [0.4, 0.5) is 0 Å². The third-order valence-electron chi connectivity index (χ3n) is 4.54. The van der Waals surface area contributed by atoms with Crippen LogP contribution in [0.15, 0.2) is 101 Å². The molecule has 3 aromatic carbocycles. The van der Waals surface area contributed by atoms with Gasteiger partial charge < -0.3 is 0 Å². The summed E-state index contributed by atoms with van der Waals surface area (Å²) in [6.07, 6.45) is 1.86. The zero-order valence-corrected chi connectivity index (χ0v) is 14.6. The molecule has 3 aromatic rings. The first-order valence-electron chi connectivity index (χ1n) is 8.89. The van der Waals surface area contributed by atoms with Crippen molar-refractivity contribution in [1.29, 1.82) is 0 Å². The average Bonchev–Trinajstić information content (AvgIpc) is 3.14. The van der Waals surface area contributed by atoms with E-state index in [1.54, 1.807) is 0 Å². The lowest BCUT2D eigenvalue weighted by Crippen LogP contribution is -2.17. The van der Waals surface area contributed by atoms with Gasteiger partial charge in [-0.1, -0.05) is 91.0 Å². The maximum absolute atomic E-state index is 4.85. The first-order valence-corrected chi connectivity index (χ1v) is 8.89. The molecule has 26 heavy (non-hydrogen) atoms. The highest BCUT2D eigenvalue weighted by atomic mass is 15.5. The van der Waals surface area contributed by atoms with Gasteiger partial charge in [-0.2, -0.15) is 5.10 Å². The highest BCUT2D eigenvalue weighted by Crippen LogP contribution is 2.28. The molecular formula is C23H21N3. The molecular weight excluding hydrogens is 318 g/mol. The molecule has 0 aliphatic carbocycles. The zero-order valence-electron chi connectivity index (χ0n) is 14.6. The van der Waals surface area contributed by atoms with Crippen LogP contribution >= 0.6 is 0 Å². The molecule has 0 saturated carbocycles. The van der Waals surface area contributed by atoms with Crippen LogP contribution in [0.2, 0.25) is 0 Å². The van der Waals surface area contributed by atoms with E-state index >= 15 is 0 Å². The molecule has 0 spiro atoms. The standard InChI is InChI=1S/C23H21N3/c1-4-10-19(11-5-1)16-24-18-26-17-22(20-12-6-2-7-13-20)23(25-26)21-14-8-3-9-15-21/h1-15,18,22H,16-17H2. The van der Waals surface area contributed by atoms with Crippen molar-refractivity contribution < 1.29 is 0 Å². The molecule has 1 unspecified atom stereocenters. The molecule has 0 fully saturated rings. The molecule has 0 N–H and O–H groups in total. The minimum Gasteiger partial charge on any atom is -0.269 e. The van der Waals surface area contributed by atoms with Crippen LogP contribution in [0, 0.1) is 0 Å². The van der Waals surface area contributed by atoms with Crippen LogP contribution in [0.5, 0.6) is 0 Å². The van der Waals surface area contributed by atoms with Crippen LogP contribution in [-0.2, 0) is 6.54 Å². The van der Waals surface area contributed by atoms with Crippen molar-refractivity contribution in [2.24, 2.45) is 10.1 Å². The fourth-order valence-electron chi connectivity index (χ4n) is 3.24. The van der Waals surface area contributed by atoms with Gasteiger partial charge in [0.1, 0.15) is 6.34 Å². The van der Waals surface area contributed by atoms with Gasteiger partial charge >= 0.3 is 0 Å². The van der Waals surface area contributed by atoms with E-state index in [9.17, 15) is 0 Å². The van der Waals surface area contributed by atoms with Gasteiger partial charge in [-0.3, -0.25) is 10.0 Å². The summed E-state index contributed by atoms with van der Waals surface area (Å²) in [5, 5.41) is 6.81. The lowest BCUT2D eigenvalue weighted by Gasteiger charge is -2.13. The van der Waals surface area contributed by atoms with Crippen molar-refractivity contribution in [2.45, 2.75) is 12.5 Å². The normalized spacial score (nSPS) is 16.8. The van der Waals surface area contributed by atoms with Crippen molar-refractivity contribution in [2.75, 3.05) is 6.54 Å². The molecule has 0 amide bonds. The summed E-state index contributed by atoms with van der Waals surface area (Å²) in [5.74, 6) is 0.252. The van der Waals surface area contributed by atoms with Gasteiger partial charge in [-0.15, -0.1) is 0 Å². The van der Waals surface area contributed by atoms with Crippen molar-refractivity contribution >= 4 is 12.1 Å². The van der Waals surface area contributed by atoms with Gasteiger partial charge in [0.05, 0.1) is 18.8 Å². The lowest BCUT2D eigenvalue weighted by atomic mass is 9.91. The molecule has 0 aromatic heterocycles. The molecule has 0 saturated heterocycles. The molecule has 0 bridgehead atoms. The molecule has 3 nitrogen and oxygen atoms in total. The van der Waals surface area contributed by atoms with E-state index in [2.05, 4.69) is 71.7 Å². The van der Waals surface area contributed by atoms with E-state index in [1.165, 1.54) is 16.7 Å². The monoisotopic (exact) mass is 339 g/mol. The average molecular weight is 339 g/mol.